The molecule has 5 rings (SSSR count). The molecular formula is C26H25ClN4O3. The van der Waals surface area contributed by atoms with Crippen LogP contribution in [0.5, 0.6) is 11.5 Å². The molecule has 3 aromatic rings. The van der Waals surface area contributed by atoms with Crippen LogP contribution in [0.2, 0.25) is 5.02 Å². The Kier molecular flexibility index (Phi) is 5.24. The fourth-order valence-electron chi connectivity index (χ4n) is 4.89. The lowest BCUT2D eigenvalue weighted by molar-refractivity contribution is -0.133. The molecule has 2 unspecified atom stereocenters. The molecule has 0 aliphatic carbocycles. The lowest BCUT2D eigenvalue weighted by Crippen LogP contribution is -2.51. The van der Waals surface area contributed by atoms with Crippen LogP contribution in [0, 0.1) is 0 Å². The van der Waals surface area contributed by atoms with Crippen LogP contribution in [0.4, 0.5) is 0 Å². The summed E-state index contributed by atoms with van der Waals surface area (Å²) in [6.45, 7) is 2.01. The number of carbonyl (C=O) groups excluding carboxylic acids is 1. The monoisotopic (exact) mass is 476 g/mol. The third-order valence-corrected chi connectivity index (χ3v) is 6.70. The number of fused-ring (bicyclic) bond motifs is 2. The maximum Gasteiger partial charge on any atom is 0.261 e. The van der Waals surface area contributed by atoms with Crippen molar-refractivity contribution in [1.29, 1.82) is 0 Å². The maximum atomic E-state index is 13.6. The number of nitrogens with zero attached hydrogens (tertiary/aromatic N) is 3. The number of aliphatic imine (C=N–C) groups is 1. The number of rotatable bonds is 4. The van der Waals surface area contributed by atoms with Gasteiger partial charge in [0.25, 0.3) is 5.91 Å². The second-order valence-electron chi connectivity index (χ2n) is 9.05. The Balaban J connectivity index is 1.60. The summed E-state index contributed by atoms with van der Waals surface area (Å²) in [5.74, 6) is 1.42. The van der Waals surface area contributed by atoms with Gasteiger partial charge in [-0.15, -0.1) is 0 Å². The summed E-state index contributed by atoms with van der Waals surface area (Å²) < 4.78 is 11.8. The standard InChI is InChI=1S/C26H25ClN4O3/c1-25(12-16-4-7-20(33-3)8-5-16)15-26(23(32)31(2)24(28)30-26)21-11-17(6-9-22(21)34-25)18-10-19(27)14-29-13-18/h4-11,13-14H,12,15H2,1-3H3,(H2,28,30). The molecule has 2 aliphatic heterocycles. The van der Waals surface area contributed by atoms with Gasteiger partial charge in [-0.25, -0.2) is 4.99 Å². The summed E-state index contributed by atoms with van der Waals surface area (Å²) in [7, 11) is 3.29. The van der Waals surface area contributed by atoms with Gasteiger partial charge >= 0.3 is 0 Å². The van der Waals surface area contributed by atoms with Crippen LogP contribution >= 0.6 is 11.6 Å². The molecule has 1 aromatic heterocycles. The number of likely N-dealkylation sites (N-methyl/N-ethyl adjacent to an activating group) is 1. The Morgan fingerprint density at radius 2 is 1.91 bits per heavy atom. The number of guanidine groups is 1. The van der Waals surface area contributed by atoms with E-state index in [0.717, 1.165) is 22.4 Å². The van der Waals surface area contributed by atoms with Crippen molar-refractivity contribution in [2.75, 3.05) is 14.2 Å². The van der Waals surface area contributed by atoms with Crippen LogP contribution in [0.25, 0.3) is 11.1 Å². The Bertz CT molecular complexity index is 1310. The number of nitrogens with two attached hydrogens (primary N) is 1. The van der Waals surface area contributed by atoms with Crippen LogP contribution < -0.4 is 15.2 Å². The van der Waals surface area contributed by atoms with Gasteiger partial charge in [-0.1, -0.05) is 29.8 Å². The summed E-state index contributed by atoms with van der Waals surface area (Å²) in [4.78, 5) is 23.9. The number of benzene rings is 2. The zero-order valence-electron chi connectivity index (χ0n) is 19.2. The van der Waals surface area contributed by atoms with E-state index in [1.807, 2.05) is 55.5 Å². The van der Waals surface area contributed by atoms with E-state index in [1.165, 1.54) is 4.90 Å². The fourth-order valence-corrected chi connectivity index (χ4v) is 5.07. The average Bonchev–Trinajstić information content (AvgIpc) is 3.02. The van der Waals surface area contributed by atoms with Gasteiger partial charge in [0.2, 0.25) is 0 Å². The van der Waals surface area contributed by atoms with E-state index in [2.05, 4.69) is 4.98 Å². The summed E-state index contributed by atoms with van der Waals surface area (Å²) in [6, 6.07) is 15.4. The van der Waals surface area contributed by atoms with E-state index < -0.39 is 11.1 Å². The largest absolute Gasteiger partial charge is 0.497 e. The number of halogens is 1. The van der Waals surface area contributed by atoms with Crippen molar-refractivity contribution in [2.24, 2.45) is 10.7 Å². The summed E-state index contributed by atoms with van der Waals surface area (Å²) in [5.41, 5.74) is 7.75. The molecule has 0 radical (unpaired) electrons. The molecule has 1 amide bonds. The minimum atomic E-state index is -1.17. The number of pyridine rings is 1. The normalized spacial score (nSPS) is 23.5. The molecule has 1 spiro atoms. The Morgan fingerprint density at radius 1 is 1.15 bits per heavy atom. The molecule has 7 nitrogen and oxygen atoms in total. The zero-order chi connectivity index (χ0) is 24.1. The molecular weight excluding hydrogens is 452 g/mol. The second-order valence-corrected chi connectivity index (χ2v) is 9.49. The highest BCUT2D eigenvalue weighted by atomic mass is 35.5. The zero-order valence-corrected chi connectivity index (χ0v) is 20.0. The third-order valence-electron chi connectivity index (χ3n) is 6.49. The fraction of sp³-hybridized carbons (Fsp3) is 0.269. The van der Waals surface area contributed by atoms with E-state index >= 15 is 0 Å². The van der Waals surface area contributed by atoms with Gasteiger partial charge in [-0.05, 0) is 48.4 Å². The van der Waals surface area contributed by atoms with Crippen molar-refractivity contribution in [2.45, 2.75) is 30.9 Å². The predicted molar refractivity (Wildman–Crippen MR) is 131 cm³/mol. The molecule has 0 saturated heterocycles. The van der Waals surface area contributed by atoms with Crippen molar-refractivity contribution in [3.63, 3.8) is 0 Å². The number of aromatic nitrogens is 1. The minimum absolute atomic E-state index is 0.170. The molecule has 2 N–H and O–H groups in total. The number of hydrogen-bond acceptors (Lipinski definition) is 6. The topological polar surface area (TPSA) is 90.0 Å². The lowest BCUT2D eigenvalue weighted by Gasteiger charge is -2.43. The van der Waals surface area contributed by atoms with Crippen LogP contribution in [0.15, 0.2) is 65.9 Å². The van der Waals surface area contributed by atoms with Crippen molar-refractivity contribution in [1.82, 2.24) is 9.88 Å². The molecule has 0 bridgehead atoms. The summed E-state index contributed by atoms with van der Waals surface area (Å²) >= 11 is 6.16. The molecule has 174 valence electrons. The molecule has 2 aromatic carbocycles. The Morgan fingerprint density at radius 3 is 2.56 bits per heavy atom. The quantitative estimate of drug-likeness (QED) is 0.610. The van der Waals surface area contributed by atoms with Gasteiger partial charge in [0, 0.05) is 43.4 Å². The van der Waals surface area contributed by atoms with Crippen LogP contribution in [0.1, 0.15) is 24.5 Å². The van der Waals surface area contributed by atoms with Gasteiger partial charge in [-0.2, -0.15) is 0 Å². The SMILES string of the molecule is COc1ccc(CC2(C)CC3(N=C(N)N(C)C3=O)c3cc(-c4cncc(Cl)c4)ccc3O2)cc1. The number of methoxy groups -OCH3 is 1. The first-order chi connectivity index (χ1) is 16.2. The Hall–Kier alpha value is -3.58. The van der Waals surface area contributed by atoms with Crippen LogP contribution in [0.3, 0.4) is 0 Å². The molecule has 3 heterocycles. The van der Waals surface area contributed by atoms with Crippen LogP contribution in [-0.2, 0) is 16.8 Å². The number of carbonyl (C=O) groups is 1. The first-order valence-corrected chi connectivity index (χ1v) is 11.3. The molecule has 2 aliphatic rings. The van der Waals surface area contributed by atoms with E-state index in [1.54, 1.807) is 26.6 Å². The molecule has 34 heavy (non-hydrogen) atoms. The van der Waals surface area contributed by atoms with Crippen molar-refractivity contribution >= 4 is 23.5 Å². The van der Waals surface area contributed by atoms with Gasteiger partial charge in [0.15, 0.2) is 11.5 Å². The second kappa shape index (κ2) is 8.02. The Labute approximate surface area is 203 Å². The minimum Gasteiger partial charge on any atom is -0.497 e. The third kappa shape index (κ3) is 3.66. The number of hydrogen-bond donors (Lipinski definition) is 1. The first-order valence-electron chi connectivity index (χ1n) is 10.9. The van der Waals surface area contributed by atoms with E-state index in [9.17, 15) is 4.79 Å². The molecule has 2 atom stereocenters. The highest BCUT2D eigenvalue weighted by Crippen LogP contribution is 2.50. The molecule has 0 fully saturated rings. The van der Waals surface area contributed by atoms with E-state index in [-0.39, 0.29) is 11.9 Å². The van der Waals surface area contributed by atoms with Gasteiger partial charge in [0.1, 0.15) is 17.1 Å². The maximum absolute atomic E-state index is 13.6. The predicted octanol–water partition coefficient (Wildman–Crippen LogP) is 4.18. The number of amides is 1. The average molecular weight is 477 g/mol. The van der Waals surface area contributed by atoms with E-state index in [0.29, 0.717) is 29.2 Å². The van der Waals surface area contributed by atoms with Crippen LogP contribution in [-0.4, -0.2) is 41.5 Å². The van der Waals surface area contributed by atoms with Crippen molar-refractivity contribution in [3.05, 3.63) is 77.1 Å². The lowest BCUT2D eigenvalue weighted by atomic mass is 9.74. The van der Waals surface area contributed by atoms with Gasteiger partial charge in [-0.3, -0.25) is 14.7 Å². The van der Waals surface area contributed by atoms with E-state index in [4.69, 9.17) is 31.8 Å². The highest BCUT2D eigenvalue weighted by molar-refractivity contribution is 6.30. The van der Waals surface area contributed by atoms with Crippen molar-refractivity contribution in [3.8, 4) is 22.6 Å². The molecule has 0 saturated carbocycles. The van der Waals surface area contributed by atoms with Gasteiger partial charge < -0.3 is 15.2 Å². The molecule has 8 heteroatoms. The van der Waals surface area contributed by atoms with Gasteiger partial charge in [0.05, 0.1) is 12.1 Å². The highest BCUT2D eigenvalue weighted by Gasteiger charge is 2.56. The summed E-state index contributed by atoms with van der Waals surface area (Å²) in [6.07, 6.45) is 4.25. The smallest absolute Gasteiger partial charge is 0.261 e. The van der Waals surface area contributed by atoms with Crippen molar-refractivity contribution < 1.29 is 14.3 Å². The first kappa shape index (κ1) is 22.2. The number of ether oxygens (including phenoxy) is 2. The summed E-state index contributed by atoms with van der Waals surface area (Å²) in [5, 5.41) is 0.534.